The molecule has 1 aliphatic rings. The predicted molar refractivity (Wildman–Crippen MR) is 85.0 cm³/mol. The summed E-state index contributed by atoms with van der Waals surface area (Å²) in [5.41, 5.74) is 0.701. The fraction of sp³-hybridized carbons (Fsp3) is 0.467. The van der Waals surface area contributed by atoms with Gasteiger partial charge in [-0.2, -0.15) is 0 Å². The van der Waals surface area contributed by atoms with Crippen molar-refractivity contribution in [1.82, 2.24) is 20.2 Å². The van der Waals surface area contributed by atoms with Crippen LogP contribution in [0.5, 0.6) is 0 Å². The van der Waals surface area contributed by atoms with Gasteiger partial charge in [0.05, 0.1) is 11.3 Å². The number of hydrogen-bond acceptors (Lipinski definition) is 6. The topological polar surface area (TPSA) is 97.1 Å². The Bertz CT molecular complexity index is 791. The average Bonchev–Trinajstić information content (AvgIpc) is 3.23. The average molecular weight is 354 g/mol. The number of nitrogens with zero attached hydrogens (tertiary/aromatic N) is 2. The van der Waals surface area contributed by atoms with Crippen molar-refractivity contribution in [1.29, 1.82) is 0 Å². The second-order valence-electron chi connectivity index (χ2n) is 5.70. The summed E-state index contributed by atoms with van der Waals surface area (Å²) in [5, 5.41) is 10.4. The molecule has 2 atom stereocenters. The zero-order chi connectivity index (χ0) is 17.2. The Morgan fingerprint density at radius 1 is 1.33 bits per heavy atom. The standard InChI is InChI=1S/C15H19FN4O3S/c1-2-14-19-20-15(23-14)13-7-12(9-17-13)24(21,22)18-8-10-3-5-11(16)6-4-10/h3-6,12-13,17-18H,2,7-9H2,1H3. The Hall–Kier alpha value is -1.84. The highest BCUT2D eigenvalue weighted by molar-refractivity contribution is 7.90. The number of sulfonamides is 1. The van der Waals surface area contributed by atoms with Crippen LogP contribution in [-0.2, 0) is 23.0 Å². The lowest BCUT2D eigenvalue weighted by atomic mass is 10.2. The second-order valence-corrected chi connectivity index (χ2v) is 7.74. The smallest absolute Gasteiger partial charge is 0.233 e. The molecule has 0 amide bonds. The van der Waals surface area contributed by atoms with Crippen LogP contribution in [0.15, 0.2) is 28.7 Å². The van der Waals surface area contributed by atoms with Crippen molar-refractivity contribution < 1.29 is 17.2 Å². The van der Waals surface area contributed by atoms with Crippen LogP contribution in [0, 0.1) is 5.82 Å². The first-order chi connectivity index (χ1) is 11.5. The third kappa shape index (κ3) is 3.80. The number of nitrogens with one attached hydrogen (secondary N) is 2. The third-order valence-corrected chi connectivity index (χ3v) is 5.79. The van der Waals surface area contributed by atoms with Crippen LogP contribution in [0.3, 0.4) is 0 Å². The zero-order valence-electron chi connectivity index (χ0n) is 13.2. The Morgan fingerprint density at radius 3 is 2.75 bits per heavy atom. The minimum absolute atomic E-state index is 0.129. The number of aromatic nitrogens is 2. The fourth-order valence-corrected chi connectivity index (χ4v) is 3.95. The van der Waals surface area contributed by atoms with Gasteiger partial charge < -0.3 is 9.73 Å². The molecular weight excluding hydrogens is 335 g/mol. The van der Waals surface area contributed by atoms with Gasteiger partial charge in [0.1, 0.15) is 5.82 Å². The van der Waals surface area contributed by atoms with Gasteiger partial charge in [-0.25, -0.2) is 17.5 Å². The van der Waals surface area contributed by atoms with E-state index in [0.717, 1.165) is 0 Å². The summed E-state index contributed by atoms with van der Waals surface area (Å²) in [7, 11) is -3.50. The van der Waals surface area contributed by atoms with Gasteiger partial charge in [-0.1, -0.05) is 19.1 Å². The molecule has 1 fully saturated rings. The summed E-state index contributed by atoms with van der Waals surface area (Å²) in [5.74, 6) is 0.603. The van der Waals surface area contributed by atoms with Crippen LogP contribution in [0.1, 0.15) is 36.7 Å². The maximum Gasteiger partial charge on any atom is 0.233 e. The molecule has 0 bridgehead atoms. The highest BCUT2D eigenvalue weighted by Gasteiger charge is 2.36. The molecule has 2 unspecified atom stereocenters. The van der Waals surface area contributed by atoms with Crippen molar-refractivity contribution in [2.75, 3.05) is 6.54 Å². The number of hydrogen-bond donors (Lipinski definition) is 2. The summed E-state index contributed by atoms with van der Waals surface area (Å²) in [4.78, 5) is 0. The van der Waals surface area contributed by atoms with Crippen molar-refractivity contribution in [3.63, 3.8) is 0 Å². The highest BCUT2D eigenvalue weighted by Crippen LogP contribution is 2.26. The predicted octanol–water partition coefficient (Wildman–Crippen LogP) is 1.29. The fourth-order valence-electron chi connectivity index (χ4n) is 2.58. The van der Waals surface area contributed by atoms with Gasteiger partial charge in [-0.05, 0) is 24.1 Å². The van der Waals surface area contributed by atoms with E-state index in [1.807, 2.05) is 6.92 Å². The van der Waals surface area contributed by atoms with Crippen LogP contribution in [0.25, 0.3) is 0 Å². The first-order valence-corrected chi connectivity index (χ1v) is 9.31. The molecule has 0 radical (unpaired) electrons. The van der Waals surface area contributed by atoms with Gasteiger partial charge in [0, 0.05) is 19.5 Å². The van der Waals surface area contributed by atoms with Crippen molar-refractivity contribution >= 4 is 10.0 Å². The van der Waals surface area contributed by atoms with Crippen molar-refractivity contribution in [3.05, 3.63) is 47.4 Å². The SMILES string of the molecule is CCc1nnc(C2CC(S(=O)(=O)NCc3ccc(F)cc3)CN2)o1. The first-order valence-electron chi connectivity index (χ1n) is 7.76. The number of halogens is 1. The van der Waals surface area contributed by atoms with Crippen molar-refractivity contribution in [3.8, 4) is 0 Å². The molecular formula is C15H19FN4O3S. The minimum atomic E-state index is -3.50. The molecule has 0 aliphatic carbocycles. The molecule has 0 spiro atoms. The molecule has 3 rings (SSSR count). The monoisotopic (exact) mass is 354 g/mol. The Balaban J connectivity index is 1.60. The molecule has 1 aliphatic heterocycles. The van der Waals surface area contributed by atoms with Crippen LogP contribution in [0.4, 0.5) is 4.39 Å². The molecule has 24 heavy (non-hydrogen) atoms. The van der Waals surface area contributed by atoms with Gasteiger partial charge in [-0.15, -0.1) is 10.2 Å². The molecule has 2 aromatic rings. The molecule has 2 N–H and O–H groups in total. The van der Waals surface area contributed by atoms with E-state index < -0.39 is 15.3 Å². The molecule has 1 aromatic carbocycles. The van der Waals surface area contributed by atoms with E-state index in [9.17, 15) is 12.8 Å². The molecule has 7 nitrogen and oxygen atoms in total. The van der Waals surface area contributed by atoms with Crippen LogP contribution in [-0.4, -0.2) is 30.4 Å². The molecule has 1 saturated heterocycles. The number of rotatable bonds is 6. The van der Waals surface area contributed by atoms with Crippen LogP contribution >= 0.6 is 0 Å². The van der Waals surface area contributed by atoms with E-state index >= 15 is 0 Å². The van der Waals surface area contributed by atoms with E-state index in [1.165, 1.54) is 12.1 Å². The lowest BCUT2D eigenvalue weighted by Crippen LogP contribution is -2.35. The highest BCUT2D eigenvalue weighted by atomic mass is 32.2. The maximum atomic E-state index is 12.9. The van der Waals surface area contributed by atoms with E-state index in [0.29, 0.717) is 36.7 Å². The molecule has 0 saturated carbocycles. The Labute approximate surface area is 139 Å². The largest absolute Gasteiger partial charge is 0.424 e. The lowest BCUT2D eigenvalue weighted by Gasteiger charge is -2.12. The summed E-state index contributed by atoms with van der Waals surface area (Å²) in [6.07, 6.45) is 1.00. The zero-order valence-corrected chi connectivity index (χ0v) is 14.0. The van der Waals surface area contributed by atoms with Gasteiger partial charge in [0.2, 0.25) is 21.8 Å². The Kier molecular flexibility index (Phi) is 4.93. The molecule has 2 heterocycles. The number of benzene rings is 1. The Morgan fingerprint density at radius 2 is 2.08 bits per heavy atom. The number of aryl methyl sites for hydroxylation is 1. The minimum Gasteiger partial charge on any atom is -0.424 e. The maximum absolute atomic E-state index is 12.9. The van der Waals surface area contributed by atoms with Gasteiger partial charge in [-0.3, -0.25) is 0 Å². The van der Waals surface area contributed by atoms with E-state index in [2.05, 4.69) is 20.2 Å². The summed E-state index contributed by atoms with van der Waals surface area (Å²) < 4.78 is 45.8. The quantitative estimate of drug-likeness (QED) is 0.811. The van der Waals surface area contributed by atoms with E-state index in [1.54, 1.807) is 12.1 Å². The molecule has 1 aromatic heterocycles. The van der Waals surface area contributed by atoms with Gasteiger partial charge >= 0.3 is 0 Å². The lowest BCUT2D eigenvalue weighted by molar-refractivity contribution is 0.405. The molecule has 9 heteroatoms. The normalized spacial score (nSPS) is 21.2. The van der Waals surface area contributed by atoms with Crippen molar-refractivity contribution in [2.45, 2.75) is 37.6 Å². The van der Waals surface area contributed by atoms with Crippen LogP contribution in [0.2, 0.25) is 0 Å². The summed E-state index contributed by atoms with van der Waals surface area (Å²) in [6, 6.07) is 5.46. The first kappa shape index (κ1) is 17.0. The van der Waals surface area contributed by atoms with Crippen molar-refractivity contribution in [2.24, 2.45) is 0 Å². The summed E-state index contributed by atoms with van der Waals surface area (Å²) in [6.45, 7) is 2.35. The third-order valence-electron chi connectivity index (χ3n) is 4.00. The van der Waals surface area contributed by atoms with Crippen LogP contribution < -0.4 is 10.0 Å². The van der Waals surface area contributed by atoms with Gasteiger partial charge in [0.15, 0.2) is 0 Å². The van der Waals surface area contributed by atoms with E-state index in [-0.39, 0.29) is 18.4 Å². The van der Waals surface area contributed by atoms with Gasteiger partial charge in [0.25, 0.3) is 0 Å². The molecule has 130 valence electrons. The summed E-state index contributed by atoms with van der Waals surface area (Å²) >= 11 is 0. The second kappa shape index (κ2) is 6.96. The van der Waals surface area contributed by atoms with E-state index in [4.69, 9.17) is 4.42 Å².